The zero-order valence-corrected chi connectivity index (χ0v) is 14.8. The summed E-state index contributed by atoms with van der Waals surface area (Å²) in [5.41, 5.74) is 10.0. The highest BCUT2D eigenvalue weighted by Gasteiger charge is 2.18. The lowest BCUT2D eigenvalue weighted by molar-refractivity contribution is 0.507. The fourth-order valence-electron chi connectivity index (χ4n) is 3.11. The largest absolute Gasteiger partial charge is 0.368 e. The predicted octanol–water partition coefficient (Wildman–Crippen LogP) is 4.54. The predicted molar refractivity (Wildman–Crippen MR) is 95.1 cm³/mol. The molecule has 0 aromatic heterocycles. The van der Waals surface area contributed by atoms with Gasteiger partial charge in [-0.05, 0) is 56.2 Å². The molecule has 1 atom stereocenters. The van der Waals surface area contributed by atoms with Crippen molar-refractivity contribution in [2.75, 3.05) is 11.4 Å². The van der Waals surface area contributed by atoms with Crippen LogP contribution in [0.4, 0.5) is 5.69 Å². The van der Waals surface area contributed by atoms with Crippen LogP contribution < -0.4 is 10.6 Å². The quantitative estimate of drug-likeness (QED) is 0.762. The first kappa shape index (κ1) is 18.0. The molecule has 1 unspecified atom stereocenters. The molecule has 1 rings (SSSR count). The van der Waals surface area contributed by atoms with E-state index in [1.54, 1.807) is 0 Å². The molecule has 0 radical (unpaired) electrons. The fourth-order valence-corrected chi connectivity index (χ4v) is 3.11. The molecule has 0 aliphatic heterocycles. The van der Waals surface area contributed by atoms with Crippen molar-refractivity contribution in [2.24, 2.45) is 11.7 Å². The first-order valence-electron chi connectivity index (χ1n) is 8.50. The normalized spacial score (nSPS) is 13.0. The number of benzene rings is 1. The summed E-state index contributed by atoms with van der Waals surface area (Å²) in [7, 11) is 0. The summed E-state index contributed by atoms with van der Waals surface area (Å²) >= 11 is 0. The zero-order valence-electron chi connectivity index (χ0n) is 14.8. The molecule has 0 amide bonds. The Morgan fingerprint density at radius 2 is 1.71 bits per heavy atom. The minimum Gasteiger partial charge on any atom is -0.368 e. The third-order valence-corrected chi connectivity index (χ3v) is 4.07. The van der Waals surface area contributed by atoms with E-state index in [4.69, 9.17) is 5.73 Å². The van der Waals surface area contributed by atoms with Crippen molar-refractivity contribution in [3.8, 4) is 0 Å². The highest BCUT2D eigenvalue weighted by Crippen LogP contribution is 2.27. The van der Waals surface area contributed by atoms with Crippen molar-refractivity contribution in [1.29, 1.82) is 0 Å². The fraction of sp³-hybridized carbons (Fsp3) is 0.684. The van der Waals surface area contributed by atoms with Crippen molar-refractivity contribution in [3.63, 3.8) is 0 Å². The van der Waals surface area contributed by atoms with Gasteiger partial charge in [0, 0.05) is 24.3 Å². The van der Waals surface area contributed by atoms with Crippen LogP contribution in [0.15, 0.2) is 18.2 Å². The van der Waals surface area contributed by atoms with Gasteiger partial charge in [-0.3, -0.25) is 0 Å². The van der Waals surface area contributed by atoms with E-state index in [0.717, 1.165) is 13.0 Å². The second-order valence-corrected chi connectivity index (χ2v) is 6.82. The van der Waals surface area contributed by atoms with Crippen LogP contribution >= 0.6 is 0 Å². The topological polar surface area (TPSA) is 29.3 Å². The number of hydrogen-bond donors (Lipinski definition) is 1. The molecular formula is C19H34N2. The van der Waals surface area contributed by atoms with Crippen molar-refractivity contribution in [2.45, 2.75) is 72.9 Å². The Bertz CT molecular complexity index is 420. The number of nitrogens with zero attached hydrogens (tertiary/aromatic N) is 1. The Kier molecular flexibility index (Phi) is 7.24. The smallest absolute Gasteiger partial charge is 0.0398 e. The van der Waals surface area contributed by atoms with Gasteiger partial charge in [-0.1, -0.05) is 39.8 Å². The van der Waals surface area contributed by atoms with Crippen LogP contribution in [0.1, 0.15) is 58.6 Å². The second kappa shape index (κ2) is 8.43. The molecule has 0 fully saturated rings. The molecule has 0 bridgehead atoms. The number of rotatable bonds is 8. The second-order valence-electron chi connectivity index (χ2n) is 6.82. The van der Waals surface area contributed by atoms with Gasteiger partial charge in [0.05, 0.1) is 0 Å². The summed E-state index contributed by atoms with van der Waals surface area (Å²) in [5, 5.41) is 0. The van der Waals surface area contributed by atoms with Crippen LogP contribution in [-0.4, -0.2) is 18.6 Å². The number of anilines is 1. The van der Waals surface area contributed by atoms with E-state index >= 15 is 0 Å². The molecule has 0 spiro atoms. The first-order valence-corrected chi connectivity index (χ1v) is 8.50. The summed E-state index contributed by atoms with van der Waals surface area (Å²) in [6.07, 6.45) is 3.35. The molecule has 0 saturated carbocycles. The summed E-state index contributed by atoms with van der Waals surface area (Å²) in [5.74, 6) is 0.675. The average molecular weight is 290 g/mol. The summed E-state index contributed by atoms with van der Waals surface area (Å²) in [6.45, 7) is 14.6. The molecule has 0 aliphatic rings. The van der Waals surface area contributed by atoms with E-state index in [1.165, 1.54) is 29.7 Å². The van der Waals surface area contributed by atoms with Crippen molar-refractivity contribution >= 4 is 5.69 Å². The maximum Gasteiger partial charge on any atom is 0.0398 e. The van der Waals surface area contributed by atoms with E-state index in [1.807, 2.05) is 0 Å². The van der Waals surface area contributed by atoms with Crippen LogP contribution in [0.5, 0.6) is 0 Å². The number of hydrogen-bond acceptors (Lipinski definition) is 2. The molecule has 0 saturated heterocycles. The molecule has 0 aliphatic carbocycles. The molecule has 1 aromatic carbocycles. The molecule has 1 aromatic rings. The standard InChI is InChI=1S/C19H34N2/c1-7-18(8-2)21(13-14(3)4)19-10-9-17(11-15(19)5)12-16(6)20/h9-11,14,16,18H,7-8,12-13,20H2,1-6H3. The third kappa shape index (κ3) is 5.35. The minimum absolute atomic E-state index is 0.223. The highest BCUT2D eigenvalue weighted by atomic mass is 15.2. The van der Waals surface area contributed by atoms with Gasteiger partial charge < -0.3 is 10.6 Å². The van der Waals surface area contributed by atoms with Gasteiger partial charge in [-0.2, -0.15) is 0 Å². The van der Waals surface area contributed by atoms with Gasteiger partial charge >= 0.3 is 0 Å². The molecule has 2 heteroatoms. The summed E-state index contributed by atoms with van der Waals surface area (Å²) < 4.78 is 0. The van der Waals surface area contributed by atoms with Gasteiger partial charge in [-0.25, -0.2) is 0 Å². The lowest BCUT2D eigenvalue weighted by Gasteiger charge is -2.35. The molecule has 2 N–H and O–H groups in total. The maximum absolute atomic E-state index is 5.92. The summed E-state index contributed by atoms with van der Waals surface area (Å²) in [4.78, 5) is 2.61. The Morgan fingerprint density at radius 1 is 1.10 bits per heavy atom. The molecule has 120 valence electrons. The Morgan fingerprint density at radius 3 is 2.14 bits per heavy atom. The molecule has 21 heavy (non-hydrogen) atoms. The monoisotopic (exact) mass is 290 g/mol. The average Bonchev–Trinajstić information content (AvgIpc) is 2.38. The maximum atomic E-state index is 5.92. The van der Waals surface area contributed by atoms with Crippen LogP contribution in [0.3, 0.4) is 0 Å². The van der Waals surface area contributed by atoms with Gasteiger partial charge in [-0.15, -0.1) is 0 Å². The number of aryl methyl sites for hydroxylation is 1. The van der Waals surface area contributed by atoms with E-state index in [-0.39, 0.29) is 6.04 Å². The Labute approximate surface area is 131 Å². The first-order chi connectivity index (χ1) is 9.88. The van der Waals surface area contributed by atoms with Crippen molar-refractivity contribution in [3.05, 3.63) is 29.3 Å². The lowest BCUT2D eigenvalue weighted by atomic mass is 10.0. The van der Waals surface area contributed by atoms with Crippen LogP contribution in [-0.2, 0) is 6.42 Å². The van der Waals surface area contributed by atoms with Crippen molar-refractivity contribution in [1.82, 2.24) is 0 Å². The van der Waals surface area contributed by atoms with Crippen molar-refractivity contribution < 1.29 is 0 Å². The van der Waals surface area contributed by atoms with Crippen LogP contribution in [0.2, 0.25) is 0 Å². The summed E-state index contributed by atoms with van der Waals surface area (Å²) in [6, 6.07) is 7.72. The SMILES string of the molecule is CCC(CC)N(CC(C)C)c1ccc(CC(C)N)cc1C. The van der Waals surface area contributed by atoms with Crippen LogP contribution in [0.25, 0.3) is 0 Å². The van der Waals surface area contributed by atoms with E-state index in [0.29, 0.717) is 12.0 Å². The van der Waals surface area contributed by atoms with Gasteiger partial charge in [0.15, 0.2) is 0 Å². The van der Waals surface area contributed by atoms with Gasteiger partial charge in [0.2, 0.25) is 0 Å². The van der Waals surface area contributed by atoms with E-state index < -0.39 is 0 Å². The molecule has 0 heterocycles. The Balaban J connectivity index is 3.06. The Hall–Kier alpha value is -1.02. The minimum atomic E-state index is 0.223. The number of nitrogens with two attached hydrogens (primary N) is 1. The molecule has 2 nitrogen and oxygen atoms in total. The lowest BCUT2D eigenvalue weighted by Crippen LogP contribution is -2.37. The van der Waals surface area contributed by atoms with Crippen LogP contribution in [0, 0.1) is 12.8 Å². The van der Waals surface area contributed by atoms with Gasteiger partial charge in [0.1, 0.15) is 0 Å². The zero-order chi connectivity index (χ0) is 16.0. The van der Waals surface area contributed by atoms with E-state index in [9.17, 15) is 0 Å². The van der Waals surface area contributed by atoms with E-state index in [2.05, 4.69) is 64.6 Å². The molecular weight excluding hydrogens is 256 g/mol. The highest BCUT2D eigenvalue weighted by molar-refractivity contribution is 5.55. The third-order valence-electron chi connectivity index (χ3n) is 4.07. The van der Waals surface area contributed by atoms with Gasteiger partial charge in [0.25, 0.3) is 0 Å².